The number of carbonyl (C=O) groups is 2. The fraction of sp³-hybridized carbons (Fsp3) is 0.0870. The molecule has 4 aromatic rings. The number of imidazole rings is 1. The molecule has 0 saturated carbocycles. The first-order chi connectivity index (χ1) is 15.1. The molecule has 4 rings (SSSR count). The molecule has 1 unspecified atom stereocenters. The fourth-order valence-electron chi connectivity index (χ4n) is 3.04. The third-order valence-electron chi connectivity index (χ3n) is 4.65. The summed E-state index contributed by atoms with van der Waals surface area (Å²) in [6.07, 6.45) is 7.83. The van der Waals surface area contributed by atoms with E-state index in [0.717, 1.165) is 5.56 Å². The van der Waals surface area contributed by atoms with Crippen LogP contribution in [0.3, 0.4) is 0 Å². The van der Waals surface area contributed by atoms with Gasteiger partial charge in [0.1, 0.15) is 6.04 Å². The van der Waals surface area contributed by atoms with Crippen molar-refractivity contribution < 1.29 is 9.59 Å². The molecule has 154 valence electrons. The highest BCUT2D eigenvalue weighted by Gasteiger charge is 2.23. The number of amides is 1. The van der Waals surface area contributed by atoms with Gasteiger partial charge in [-0.25, -0.2) is 15.0 Å². The van der Waals surface area contributed by atoms with Crippen molar-refractivity contribution in [2.24, 2.45) is 0 Å². The molecule has 2 aromatic carbocycles. The van der Waals surface area contributed by atoms with Gasteiger partial charge in [-0.3, -0.25) is 9.59 Å². The molecule has 31 heavy (non-hydrogen) atoms. The van der Waals surface area contributed by atoms with Crippen LogP contribution < -0.4 is 5.32 Å². The van der Waals surface area contributed by atoms with Gasteiger partial charge in [0.05, 0.1) is 18.4 Å². The normalized spacial score (nSPS) is 11.6. The summed E-state index contributed by atoms with van der Waals surface area (Å²) in [4.78, 5) is 38.4. The number of hydrogen-bond donors (Lipinski definition) is 1. The minimum absolute atomic E-state index is 0.193. The molecular weight excluding hydrogens is 414 g/mol. The van der Waals surface area contributed by atoms with E-state index < -0.39 is 11.9 Å². The summed E-state index contributed by atoms with van der Waals surface area (Å²) in [6.45, 7) is 0.253. The summed E-state index contributed by atoms with van der Waals surface area (Å²) in [5, 5.41) is 3.42. The van der Waals surface area contributed by atoms with E-state index in [0.29, 0.717) is 16.4 Å². The number of aromatic nitrogens is 4. The molecule has 2 aromatic heterocycles. The third kappa shape index (κ3) is 5.02. The second kappa shape index (κ2) is 9.32. The smallest absolute Gasteiger partial charge is 0.255 e. The van der Waals surface area contributed by atoms with Gasteiger partial charge in [-0.2, -0.15) is 0 Å². The van der Waals surface area contributed by atoms with Crippen molar-refractivity contribution in [3.8, 4) is 11.4 Å². The molecule has 0 aliphatic heterocycles. The second-order valence-corrected chi connectivity index (χ2v) is 7.25. The van der Waals surface area contributed by atoms with Gasteiger partial charge in [0, 0.05) is 40.9 Å². The molecule has 2 heterocycles. The number of nitrogens with zero attached hydrogens (tertiary/aromatic N) is 4. The van der Waals surface area contributed by atoms with E-state index in [9.17, 15) is 9.59 Å². The molecule has 0 saturated heterocycles. The maximum Gasteiger partial charge on any atom is 0.255 e. The van der Waals surface area contributed by atoms with E-state index in [1.807, 2.05) is 6.07 Å². The van der Waals surface area contributed by atoms with E-state index >= 15 is 0 Å². The number of nitrogens with one attached hydrogen (secondary N) is 1. The number of carbonyl (C=O) groups excluding carboxylic acids is 2. The van der Waals surface area contributed by atoms with Crippen LogP contribution in [0.5, 0.6) is 0 Å². The van der Waals surface area contributed by atoms with Crippen molar-refractivity contribution in [2.75, 3.05) is 0 Å². The zero-order valence-electron chi connectivity index (χ0n) is 16.4. The number of rotatable bonds is 7. The van der Waals surface area contributed by atoms with Gasteiger partial charge in [0.2, 0.25) is 0 Å². The summed E-state index contributed by atoms with van der Waals surface area (Å²) in [5.41, 5.74) is 1.56. The third-order valence-corrected chi connectivity index (χ3v) is 4.90. The minimum atomic E-state index is -0.778. The molecule has 0 aliphatic rings. The number of hydrogen-bond acceptors (Lipinski definition) is 5. The maximum atomic E-state index is 13.0. The van der Waals surface area contributed by atoms with Crippen LogP contribution in [0.1, 0.15) is 20.7 Å². The predicted octanol–water partition coefficient (Wildman–Crippen LogP) is 3.68. The Morgan fingerprint density at radius 1 is 0.968 bits per heavy atom. The summed E-state index contributed by atoms with van der Waals surface area (Å²) in [7, 11) is 0. The Morgan fingerprint density at radius 3 is 2.32 bits per heavy atom. The van der Waals surface area contributed by atoms with Gasteiger partial charge >= 0.3 is 0 Å². The molecule has 1 N–H and O–H groups in total. The van der Waals surface area contributed by atoms with Crippen LogP contribution in [-0.2, 0) is 6.54 Å². The Kier molecular flexibility index (Phi) is 6.14. The Morgan fingerprint density at radius 2 is 1.68 bits per heavy atom. The van der Waals surface area contributed by atoms with E-state index in [1.54, 1.807) is 71.8 Å². The lowest BCUT2D eigenvalue weighted by Gasteiger charge is -2.18. The van der Waals surface area contributed by atoms with Gasteiger partial charge in [-0.1, -0.05) is 41.9 Å². The lowest BCUT2D eigenvalue weighted by molar-refractivity contribution is 0.0847. The van der Waals surface area contributed by atoms with Crippen molar-refractivity contribution in [1.82, 2.24) is 24.8 Å². The van der Waals surface area contributed by atoms with Crippen molar-refractivity contribution in [1.29, 1.82) is 0 Å². The maximum absolute atomic E-state index is 13.0. The molecular formula is C23H18ClN5O2. The minimum Gasteiger partial charge on any atom is -0.340 e. The first-order valence-electron chi connectivity index (χ1n) is 9.54. The topological polar surface area (TPSA) is 89.8 Å². The highest BCUT2D eigenvalue weighted by Crippen LogP contribution is 2.17. The summed E-state index contributed by atoms with van der Waals surface area (Å²) < 4.78 is 1.74. The van der Waals surface area contributed by atoms with Gasteiger partial charge in [0.25, 0.3) is 5.91 Å². The van der Waals surface area contributed by atoms with Gasteiger partial charge in [0.15, 0.2) is 11.6 Å². The number of halogens is 1. The average molecular weight is 432 g/mol. The van der Waals surface area contributed by atoms with Crippen LogP contribution in [0.25, 0.3) is 11.4 Å². The Hall–Kier alpha value is -3.84. The highest BCUT2D eigenvalue weighted by molar-refractivity contribution is 6.30. The van der Waals surface area contributed by atoms with Gasteiger partial charge in [-0.05, 0) is 24.3 Å². The zero-order valence-corrected chi connectivity index (χ0v) is 17.1. The van der Waals surface area contributed by atoms with Crippen molar-refractivity contribution in [2.45, 2.75) is 12.6 Å². The number of ketones is 1. The molecule has 0 radical (unpaired) electrons. The van der Waals surface area contributed by atoms with Crippen molar-refractivity contribution in [3.63, 3.8) is 0 Å². The van der Waals surface area contributed by atoms with Crippen LogP contribution in [0, 0.1) is 0 Å². The molecule has 0 bridgehead atoms. The Balaban J connectivity index is 1.52. The van der Waals surface area contributed by atoms with Crippen molar-refractivity contribution >= 4 is 23.3 Å². The van der Waals surface area contributed by atoms with E-state index in [-0.39, 0.29) is 17.9 Å². The van der Waals surface area contributed by atoms with Crippen LogP contribution in [0.4, 0.5) is 0 Å². The first-order valence-corrected chi connectivity index (χ1v) is 9.92. The summed E-state index contributed by atoms with van der Waals surface area (Å²) in [5.74, 6) is -0.151. The van der Waals surface area contributed by atoms with E-state index in [1.165, 1.54) is 12.4 Å². The van der Waals surface area contributed by atoms with Crippen LogP contribution in [-0.4, -0.2) is 37.3 Å². The molecule has 0 spiro atoms. The first kappa shape index (κ1) is 20.4. The molecule has 0 fully saturated rings. The quantitative estimate of drug-likeness (QED) is 0.451. The lowest BCUT2D eigenvalue weighted by Crippen LogP contribution is -2.43. The number of Topliss-reactive ketones (excluding diaryl/α,β-unsaturated/α-hetero) is 1. The van der Waals surface area contributed by atoms with Gasteiger partial charge < -0.3 is 9.88 Å². The monoisotopic (exact) mass is 431 g/mol. The fourth-order valence-corrected chi connectivity index (χ4v) is 3.16. The Bertz CT molecular complexity index is 1160. The number of benzene rings is 2. The predicted molar refractivity (Wildman–Crippen MR) is 117 cm³/mol. The standard InChI is InChI=1S/C23H18ClN5O2/c24-19-8-6-17(7-9-19)22-26-12-18(13-27-22)23(31)28-20(14-29-11-10-25-15-29)21(30)16-4-2-1-3-5-16/h1-13,15,20H,14H2,(H,28,31). The molecule has 1 amide bonds. The molecule has 7 nitrogen and oxygen atoms in total. The molecule has 0 aliphatic carbocycles. The van der Waals surface area contributed by atoms with E-state index in [2.05, 4.69) is 20.3 Å². The average Bonchev–Trinajstić information content (AvgIpc) is 3.32. The van der Waals surface area contributed by atoms with E-state index in [4.69, 9.17) is 11.6 Å². The highest BCUT2D eigenvalue weighted by atomic mass is 35.5. The van der Waals surface area contributed by atoms with Gasteiger partial charge in [-0.15, -0.1) is 0 Å². The van der Waals surface area contributed by atoms with Crippen molar-refractivity contribution in [3.05, 3.63) is 102 Å². The summed E-state index contributed by atoms with van der Waals surface area (Å²) >= 11 is 5.91. The lowest BCUT2D eigenvalue weighted by atomic mass is 10.0. The SMILES string of the molecule is O=C(NC(Cn1ccnc1)C(=O)c1ccccc1)c1cnc(-c2ccc(Cl)cc2)nc1. The summed E-state index contributed by atoms with van der Waals surface area (Å²) in [6, 6.07) is 15.2. The molecule has 1 atom stereocenters. The van der Waals surface area contributed by atoms with Crippen LogP contribution in [0.15, 0.2) is 85.7 Å². The largest absolute Gasteiger partial charge is 0.340 e. The van der Waals surface area contributed by atoms with Crippen LogP contribution in [0.2, 0.25) is 5.02 Å². The zero-order chi connectivity index (χ0) is 21.6. The van der Waals surface area contributed by atoms with Crippen LogP contribution >= 0.6 is 11.6 Å². The Labute approximate surface area is 183 Å². The molecule has 8 heteroatoms. The second-order valence-electron chi connectivity index (χ2n) is 6.82.